The molecule has 0 saturated heterocycles. The Hall–Kier alpha value is -1.89. The maximum absolute atomic E-state index is 4.31. The van der Waals surface area contributed by atoms with Gasteiger partial charge in [-0.15, -0.1) is 11.3 Å². The van der Waals surface area contributed by atoms with Gasteiger partial charge in [0.05, 0.1) is 12.7 Å². The molecule has 6 nitrogen and oxygen atoms in total. The molecule has 0 spiro atoms. The van der Waals surface area contributed by atoms with Gasteiger partial charge in [0.1, 0.15) is 5.01 Å². The Morgan fingerprint density at radius 3 is 2.85 bits per heavy atom. The van der Waals surface area contributed by atoms with Crippen molar-refractivity contribution in [3.05, 3.63) is 34.0 Å². The Morgan fingerprint density at radius 2 is 2.25 bits per heavy atom. The van der Waals surface area contributed by atoms with E-state index in [1.165, 1.54) is 10.4 Å². The van der Waals surface area contributed by atoms with Gasteiger partial charge in [0.2, 0.25) is 0 Å². The van der Waals surface area contributed by atoms with Crippen molar-refractivity contribution < 1.29 is 0 Å². The highest BCUT2D eigenvalue weighted by Crippen LogP contribution is 2.10. The predicted octanol–water partition coefficient (Wildman–Crippen LogP) is 1.09. The van der Waals surface area contributed by atoms with E-state index in [0.29, 0.717) is 6.54 Å². The minimum absolute atomic E-state index is 0.699. The van der Waals surface area contributed by atoms with Crippen LogP contribution < -0.4 is 10.6 Å². The van der Waals surface area contributed by atoms with Gasteiger partial charge >= 0.3 is 0 Å². The molecule has 0 aliphatic carbocycles. The molecule has 0 saturated carbocycles. The summed E-state index contributed by atoms with van der Waals surface area (Å²) in [5, 5.41) is 11.8. The molecule has 20 heavy (non-hydrogen) atoms. The van der Waals surface area contributed by atoms with E-state index in [1.807, 2.05) is 30.3 Å². The van der Waals surface area contributed by atoms with Crippen LogP contribution in [0.2, 0.25) is 0 Å². The lowest BCUT2D eigenvalue weighted by Crippen LogP contribution is -2.37. The van der Waals surface area contributed by atoms with Crippen molar-refractivity contribution >= 4 is 17.3 Å². The number of rotatable bonds is 5. The number of nitrogens with one attached hydrogen (secondary N) is 2. The third-order valence-electron chi connectivity index (χ3n) is 2.76. The van der Waals surface area contributed by atoms with Crippen molar-refractivity contribution in [3.8, 4) is 0 Å². The summed E-state index contributed by atoms with van der Waals surface area (Å²) in [7, 11) is 3.69. The number of guanidine groups is 1. The molecule has 2 heterocycles. The molecule has 0 bridgehead atoms. The van der Waals surface area contributed by atoms with Crippen molar-refractivity contribution in [2.24, 2.45) is 12.0 Å². The average Bonchev–Trinajstić information content (AvgIpc) is 3.02. The summed E-state index contributed by atoms with van der Waals surface area (Å²) < 4.78 is 1.81. The van der Waals surface area contributed by atoms with Gasteiger partial charge in [-0.3, -0.25) is 9.67 Å². The highest BCUT2D eigenvalue weighted by atomic mass is 32.1. The SMILES string of the molecule is CN=C(NCCc1cnn(C)c1)NCc1ncc(C)s1. The molecule has 0 aromatic carbocycles. The summed E-state index contributed by atoms with van der Waals surface area (Å²) in [5.41, 5.74) is 1.21. The van der Waals surface area contributed by atoms with Crippen LogP contribution in [0.15, 0.2) is 23.6 Å². The minimum atomic E-state index is 0.699. The van der Waals surface area contributed by atoms with Crippen LogP contribution in [-0.4, -0.2) is 34.3 Å². The summed E-state index contributed by atoms with van der Waals surface area (Å²) in [4.78, 5) is 9.74. The van der Waals surface area contributed by atoms with E-state index in [4.69, 9.17) is 0 Å². The fraction of sp³-hybridized carbons (Fsp3) is 0.462. The molecule has 2 rings (SSSR count). The molecule has 2 N–H and O–H groups in total. The lowest BCUT2D eigenvalue weighted by atomic mass is 10.2. The second kappa shape index (κ2) is 7.04. The molecular weight excluding hydrogens is 272 g/mol. The Morgan fingerprint density at radius 1 is 1.40 bits per heavy atom. The van der Waals surface area contributed by atoms with E-state index < -0.39 is 0 Å². The molecule has 7 heteroatoms. The molecule has 0 radical (unpaired) electrons. The van der Waals surface area contributed by atoms with Crippen molar-refractivity contribution in [1.82, 2.24) is 25.4 Å². The number of aromatic nitrogens is 3. The third-order valence-corrected chi connectivity index (χ3v) is 3.68. The van der Waals surface area contributed by atoms with Gasteiger partial charge in [0.15, 0.2) is 5.96 Å². The first-order valence-corrected chi connectivity index (χ1v) is 7.32. The molecule has 0 atom stereocenters. The summed E-state index contributed by atoms with van der Waals surface area (Å²) in [6, 6.07) is 0. The number of hydrogen-bond acceptors (Lipinski definition) is 4. The maximum Gasteiger partial charge on any atom is 0.191 e. The molecule has 0 aliphatic rings. The second-order valence-electron chi connectivity index (χ2n) is 4.49. The van der Waals surface area contributed by atoms with Crippen LogP contribution >= 0.6 is 11.3 Å². The zero-order valence-corrected chi connectivity index (χ0v) is 12.9. The van der Waals surface area contributed by atoms with E-state index in [1.54, 1.807) is 18.4 Å². The smallest absolute Gasteiger partial charge is 0.191 e. The molecule has 0 aliphatic heterocycles. The Kier molecular flexibility index (Phi) is 5.11. The van der Waals surface area contributed by atoms with Crippen molar-refractivity contribution in [1.29, 1.82) is 0 Å². The van der Waals surface area contributed by atoms with Gasteiger partial charge in [-0.25, -0.2) is 4.98 Å². The molecule has 0 unspecified atom stereocenters. The van der Waals surface area contributed by atoms with Gasteiger partial charge in [-0.1, -0.05) is 0 Å². The van der Waals surface area contributed by atoms with Crippen LogP contribution in [-0.2, 0) is 20.0 Å². The number of aryl methyl sites for hydroxylation is 2. The maximum atomic E-state index is 4.31. The highest BCUT2D eigenvalue weighted by molar-refractivity contribution is 7.11. The molecule has 2 aromatic rings. The van der Waals surface area contributed by atoms with Crippen LogP contribution in [0.1, 0.15) is 15.4 Å². The predicted molar refractivity (Wildman–Crippen MR) is 82.0 cm³/mol. The highest BCUT2D eigenvalue weighted by Gasteiger charge is 2.02. The van der Waals surface area contributed by atoms with Crippen LogP contribution in [0.25, 0.3) is 0 Å². The number of aliphatic imine (C=N–C) groups is 1. The Balaban J connectivity index is 1.72. The summed E-state index contributed by atoms with van der Waals surface area (Å²) in [6.07, 6.45) is 6.72. The van der Waals surface area contributed by atoms with Gasteiger partial charge < -0.3 is 10.6 Å². The van der Waals surface area contributed by atoms with Crippen molar-refractivity contribution in [3.63, 3.8) is 0 Å². The van der Waals surface area contributed by atoms with Crippen LogP contribution in [0, 0.1) is 6.92 Å². The molecule has 2 aromatic heterocycles. The summed E-state index contributed by atoms with van der Waals surface area (Å²) in [6.45, 7) is 3.58. The topological polar surface area (TPSA) is 67.1 Å². The van der Waals surface area contributed by atoms with Gasteiger partial charge in [-0.2, -0.15) is 5.10 Å². The third kappa shape index (κ3) is 4.34. The van der Waals surface area contributed by atoms with Gasteiger partial charge in [0.25, 0.3) is 0 Å². The number of nitrogens with zero attached hydrogens (tertiary/aromatic N) is 4. The van der Waals surface area contributed by atoms with Crippen LogP contribution in [0.3, 0.4) is 0 Å². The lowest BCUT2D eigenvalue weighted by Gasteiger charge is -2.10. The fourth-order valence-electron chi connectivity index (χ4n) is 1.79. The largest absolute Gasteiger partial charge is 0.356 e. The van der Waals surface area contributed by atoms with E-state index in [2.05, 4.69) is 32.6 Å². The second-order valence-corrected chi connectivity index (χ2v) is 5.81. The Labute approximate surface area is 123 Å². The zero-order valence-electron chi connectivity index (χ0n) is 12.1. The number of thiazole rings is 1. The normalized spacial score (nSPS) is 11.7. The average molecular weight is 292 g/mol. The monoisotopic (exact) mass is 292 g/mol. The first kappa shape index (κ1) is 14.5. The van der Waals surface area contributed by atoms with Gasteiger partial charge in [-0.05, 0) is 18.9 Å². The summed E-state index contributed by atoms with van der Waals surface area (Å²) >= 11 is 1.70. The summed E-state index contributed by atoms with van der Waals surface area (Å²) in [5.74, 6) is 0.793. The van der Waals surface area contributed by atoms with E-state index in [9.17, 15) is 0 Å². The van der Waals surface area contributed by atoms with Crippen molar-refractivity contribution in [2.75, 3.05) is 13.6 Å². The number of hydrogen-bond donors (Lipinski definition) is 2. The van der Waals surface area contributed by atoms with Gasteiger partial charge in [0, 0.05) is 37.9 Å². The minimum Gasteiger partial charge on any atom is -0.356 e. The first-order chi connectivity index (χ1) is 9.67. The first-order valence-electron chi connectivity index (χ1n) is 6.50. The molecular formula is C13H20N6S. The zero-order chi connectivity index (χ0) is 14.4. The Bertz CT molecular complexity index is 571. The lowest BCUT2D eigenvalue weighted by molar-refractivity contribution is 0.764. The van der Waals surface area contributed by atoms with E-state index in [-0.39, 0.29) is 0 Å². The molecule has 0 amide bonds. The van der Waals surface area contributed by atoms with Crippen molar-refractivity contribution in [2.45, 2.75) is 19.9 Å². The fourth-order valence-corrected chi connectivity index (χ4v) is 2.52. The van der Waals surface area contributed by atoms with Crippen LogP contribution in [0.4, 0.5) is 0 Å². The standard InChI is InChI=1S/C13H20N6S/c1-10-6-16-12(20-10)8-17-13(14-2)15-5-4-11-7-18-19(3)9-11/h6-7,9H,4-5,8H2,1-3H3,(H2,14,15,17). The van der Waals surface area contributed by atoms with E-state index >= 15 is 0 Å². The molecule has 108 valence electrons. The molecule has 0 fully saturated rings. The van der Waals surface area contributed by atoms with Crippen LogP contribution in [0.5, 0.6) is 0 Å². The quantitative estimate of drug-likeness (QED) is 0.639. The van der Waals surface area contributed by atoms with E-state index in [0.717, 1.165) is 23.9 Å².